The summed E-state index contributed by atoms with van der Waals surface area (Å²) in [5, 5.41) is 9.07. The predicted molar refractivity (Wildman–Crippen MR) is 83.8 cm³/mol. The van der Waals surface area contributed by atoms with Crippen LogP contribution in [0.15, 0.2) is 24.3 Å². The summed E-state index contributed by atoms with van der Waals surface area (Å²) in [6, 6.07) is 9.42. The normalized spacial score (nSPS) is 25.0. The third-order valence-corrected chi connectivity index (χ3v) is 4.96. The maximum Gasteiger partial charge on any atom is 0.305 e. The number of fused-ring (bicyclic) bond motifs is 1. The first-order valence-electron chi connectivity index (χ1n) is 7.95. The minimum absolute atomic E-state index is 0.206. The molecule has 4 heteroatoms. The molecule has 0 aliphatic carbocycles. The van der Waals surface area contributed by atoms with Gasteiger partial charge in [-0.05, 0) is 44.4 Å². The van der Waals surface area contributed by atoms with E-state index in [0.29, 0.717) is 18.6 Å². The molecule has 2 heterocycles. The van der Waals surface area contributed by atoms with Gasteiger partial charge >= 0.3 is 5.97 Å². The summed E-state index contributed by atoms with van der Waals surface area (Å²) in [4.78, 5) is 16.0. The van der Waals surface area contributed by atoms with Gasteiger partial charge in [-0.3, -0.25) is 9.69 Å². The molecule has 2 aliphatic rings. The zero-order valence-corrected chi connectivity index (χ0v) is 12.7. The van der Waals surface area contributed by atoms with E-state index in [-0.39, 0.29) is 6.42 Å². The Labute approximate surface area is 126 Å². The lowest BCUT2D eigenvalue weighted by Gasteiger charge is -2.35. The van der Waals surface area contributed by atoms with Crippen molar-refractivity contribution >= 4 is 11.7 Å². The molecule has 2 unspecified atom stereocenters. The van der Waals surface area contributed by atoms with E-state index in [1.54, 1.807) is 0 Å². The van der Waals surface area contributed by atoms with Gasteiger partial charge in [-0.15, -0.1) is 0 Å². The monoisotopic (exact) mass is 288 g/mol. The average molecular weight is 288 g/mol. The van der Waals surface area contributed by atoms with Crippen LogP contribution in [-0.2, 0) is 4.79 Å². The van der Waals surface area contributed by atoms with Crippen LogP contribution in [0.4, 0.5) is 5.69 Å². The number of aliphatic carboxylic acids is 1. The number of nitrogens with zero attached hydrogens (tertiary/aromatic N) is 2. The van der Waals surface area contributed by atoms with Crippen molar-refractivity contribution in [3.05, 3.63) is 29.8 Å². The van der Waals surface area contributed by atoms with Crippen LogP contribution in [0.5, 0.6) is 0 Å². The molecule has 2 atom stereocenters. The fraction of sp³-hybridized carbons (Fsp3) is 0.588. The minimum atomic E-state index is -0.713. The predicted octanol–water partition coefficient (Wildman–Crippen LogP) is 2.51. The first kappa shape index (κ1) is 14.4. The van der Waals surface area contributed by atoms with Crippen LogP contribution in [0.25, 0.3) is 0 Å². The van der Waals surface area contributed by atoms with Gasteiger partial charge in [0.15, 0.2) is 0 Å². The number of rotatable bonds is 5. The molecule has 0 radical (unpaired) electrons. The quantitative estimate of drug-likeness (QED) is 0.904. The van der Waals surface area contributed by atoms with Gasteiger partial charge in [0.05, 0.1) is 6.42 Å². The first-order chi connectivity index (χ1) is 10.2. The fourth-order valence-corrected chi connectivity index (χ4v) is 3.99. The largest absolute Gasteiger partial charge is 0.481 e. The van der Waals surface area contributed by atoms with Crippen LogP contribution in [0.2, 0.25) is 0 Å². The van der Waals surface area contributed by atoms with Crippen LogP contribution in [0.1, 0.15) is 31.2 Å². The number of hydrogen-bond donors (Lipinski definition) is 1. The highest BCUT2D eigenvalue weighted by Gasteiger charge is 2.40. The summed E-state index contributed by atoms with van der Waals surface area (Å²) in [6.45, 7) is 5.09. The lowest BCUT2D eigenvalue weighted by molar-refractivity contribution is -0.136. The van der Waals surface area contributed by atoms with Crippen molar-refractivity contribution in [3.63, 3.8) is 0 Å². The Kier molecular flexibility index (Phi) is 4.15. The number of para-hydroxylation sites is 1. The Morgan fingerprint density at radius 3 is 2.90 bits per heavy atom. The Balaban J connectivity index is 1.85. The van der Waals surface area contributed by atoms with Gasteiger partial charge in [-0.1, -0.05) is 18.2 Å². The molecular formula is C17H24N2O2. The minimum Gasteiger partial charge on any atom is -0.481 e. The molecule has 0 spiro atoms. The van der Waals surface area contributed by atoms with Crippen molar-refractivity contribution in [3.8, 4) is 0 Å². The second-order valence-corrected chi connectivity index (χ2v) is 6.23. The van der Waals surface area contributed by atoms with E-state index in [0.717, 1.165) is 13.0 Å². The summed E-state index contributed by atoms with van der Waals surface area (Å²) in [7, 11) is 0. The lowest BCUT2D eigenvalue weighted by Crippen LogP contribution is -2.44. The summed E-state index contributed by atoms with van der Waals surface area (Å²) >= 11 is 0. The van der Waals surface area contributed by atoms with Gasteiger partial charge in [0, 0.05) is 30.9 Å². The zero-order valence-electron chi connectivity index (χ0n) is 12.7. The van der Waals surface area contributed by atoms with Gasteiger partial charge < -0.3 is 10.0 Å². The molecule has 1 aromatic carbocycles. The highest BCUT2D eigenvalue weighted by molar-refractivity contribution is 5.68. The Hall–Kier alpha value is -1.55. The highest BCUT2D eigenvalue weighted by atomic mass is 16.4. The van der Waals surface area contributed by atoms with Crippen LogP contribution >= 0.6 is 0 Å². The van der Waals surface area contributed by atoms with E-state index in [1.165, 1.54) is 30.6 Å². The number of hydrogen-bond acceptors (Lipinski definition) is 3. The molecule has 21 heavy (non-hydrogen) atoms. The van der Waals surface area contributed by atoms with Gasteiger partial charge in [-0.25, -0.2) is 0 Å². The lowest BCUT2D eigenvalue weighted by atomic mass is 10.0. The van der Waals surface area contributed by atoms with E-state index in [4.69, 9.17) is 5.11 Å². The molecule has 3 rings (SSSR count). The highest BCUT2D eigenvalue weighted by Crippen LogP contribution is 2.34. The molecule has 1 N–H and O–H groups in total. The SMILES string of the molecule is Cc1ccccc1N(CCC(=O)O)C1CCN2CCCC12. The molecule has 2 fully saturated rings. The molecule has 4 nitrogen and oxygen atoms in total. The van der Waals surface area contributed by atoms with Crippen molar-refractivity contribution in [2.24, 2.45) is 0 Å². The van der Waals surface area contributed by atoms with Crippen molar-refractivity contribution in [2.75, 3.05) is 24.5 Å². The molecule has 0 aromatic heterocycles. The molecule has 114 valence electrons. The average Bonchev–Trinajstić information content (AvgIpc) is 3.04. The van der Waals surface area contributed by atoms with Gasteiger partial charge in [-0.2, -0.15) is 0 Å². The Morgan fingerprint density at radius 2 is 2.14 bits per heavy atom. The Bertz CT molecular complexity index is 517. The Morgan fingerprint density at radius 1 is 1.33 bits per heavy atom. The number of carboxylic acids is 1. The topological polar surface area (TPSA) is 43.8 Å². The first-order valence-corrected chi connectivity index (χ1v) is 7.95. The molecule has 0 amide bonds. The second-order valence-electron chi connectivity index (χ2n) is 6.23. The van der Waals surface area contributed by atoms with E-state index in [9.17, 15) is 4.79 Å². The summed E-state index contributed by atoms with van der Waals surface area (Å²) in [5.74, 6) is -0.713. The van der Waals surface area contributed by atoms with Crippen molar-refractivity contribution < 1.29 is 9.90 Å². The van der Waals surface area contributed by atoms with E-state index < -0.39 is 5.97 Å². The molecule has 2 aliphatic heterocycles. The smallest absolute Gasteiger partial charge is 0.305 e. The summed E-state index contributed by atoms with van der Waals surface area (Å²) in [6.07, 6.45) is 3.89. The summed E-state index contributed by atoms with van der Waals surface area (Å²) in [5.41, 5.74) is 2.44. The molecule has 1 aromatic rings. The fourth-order valence-electron chi connectivity index (χ4n) is 3.99. The maximum atomic E-state index is 11.0. The van der Waals surface area contributed by atoms with Gasteiger partial charge in [0.1, 0.15) is 0 Å². The van der Waals surface area contributed by atoms with E-state index >= 15 is 0 Å². The molecule has 0 bridgehead atoms. The molecular weight excluding hydrogens is 264 g/mol. The zero-order chi connectivity index (χ0) is 14.8. The standard InChI is InChI=1S/C17H24N2O2/c1-13-5-2-3-6-14(13)19(12-9-17(20)21)16-8-11-18-10-4-7-15(16)18/h2-3,5-6,15-16H,4,7-12H2,1H3,(H,20,21). The van der Waals surface area contributed by atoms with Crippen molar-refractivity contribution in [1.29, 1.82) is 0 Å². The van der Waals surface area contributed by atoms with Crippen molar-refractivity contribution in [1.82, 2.24) is 4.90 Å². The van der Waals surface area contributed by atoms with E-state index in [2.05, 4.69) is 34.9 Å². The maximum absolute atomic E-state index is 11.0. The van der Waals surface area contributed by atoms with Crippen LogP contribution in [-0.4, -0.2) is 47.7 Å². The van der Waals surface area contributed by atoms with Crippen LogP contribution in [0.3, 0.4) is 0 Å². The third kappa shape index (κ3) is 2.91. The number of benzene rings is 1. The number of aryl methyl sites for hydroxylation is 1. The van der Waals surface area contributed by atoms with Gasteiger partial charge in [0.25, 0.3) is 0 Å². The number of carbonyl (C=O) groups is 1. The van der Waals surface area contributed by atoms with Gasteiger partial charge in [0.2, 0.25) is 0 Å². The van der Waals surface area contributed by atoms with Crippen LogP contribution in [0, 0.1) is 6.92 Å². The molecule has 2 saturated heterocycles. The third-order valence-electron chi connectivity index (χ3n) is 4.96. The second kappa shape index (κ2) is 6.06. The van der Waals surface area contributed by atoms with E-state index in [1.807, 2.05) is 6.07 Å². The van der Waals surface area contributed by atoms with Crippen molar-refractivity contribution in [2.45, 2.75) is 44.7 Å². The molecule has 0 saturated carbocycles. The summed E-state index contributed by atoms with van der Waals surface area (Å²) < 4.78 is 0. The number of anilines is 1. The van der Waals surface area contributed by atoms with Crippen LogP contribution < -0.4 is 4.90 Å². The number of carboxylic acid groups (broad SMARTS) is 1.